The number of aliphatic carboxylic acids is 1. The quantitative estimate of drug-likeness (QED) is 0.822. The fourth-order valence-corrected chi connectivity index (χ4v) is 1.93. The second-order valence-electron chi connectivity index (χ2n) is 4.75. The van der Waals surface area contributed by atoms with Crippen molar-refractivity contribution in [1.82, 2.24) is 5.32 Å². The molecule has 0 bridgehead atoms. The Kier molecular flexibility index (Phi) is 3.26. The van der Waals surface area contributed by atoms with E-state index < -0.39 is 35.0 Å². The van der Waals surface area contributed by atoms with Gasteiger partial charge in [0.25, 0.3) is 0 Å². The maximum atomic E-state index is 13.5. The van der Waals surface area contributed by atoms with Gasteiger partial charge in [-0.25, -0.2) is 8.78 Å². The predicted molar refractivity (Wildman–Crippen MR) is 62.2 cm³/mol. The van der Waals surface area contributed by atoms with E-state index in [9.17, 15) is 18.4 Å². The van der Waals surface area contributed by atoms with E-state index in [0.29, 0.717) is 0 Å². The van der Waals surface area contributed by atoms with Crippen molar-refractivity contribution in [2.45, 2.75) is 25.8 Å². The van der Waals surface area contributed by atoms with Crippen LogP contribution in [0.4, 0.5) is 8.78 Å². The first-order chi connectivity index (χ1) is 8.86. The molecule has 19 heavy (non-hydrogen) atoms. The van der Waals surface area contributed by atoms with E-state index in [0.717, 1.165) is 12.1 Å². The van der Waals surface area contributed by atoms with Crippen molar-refractivity contribution in [2.24, 2.45) is 5.41 Å². The SMILES string of the molecule is C[C@H](NC(=O)C1(C(=O)O)CC1)c1ccc(F)cc1F. The molecule has 1 aliphatic rings. The highest BCUT2D eigenvalue weighted by atomic mass is 19.1. The smallest absolute Gasteiger partial charge is 0.319 e. The first-order valence-corrected chi connectivity index (χ1v) is 5.86. The molecular weight excluding hydrogens is 256 g/mol. The molecule has 0 unspecified atom stereocenters. The second-order valence-corrected chi connectivity index (χ2v) is 4.75. The molecule has 1 aliphatic carbocycles. The number of rotatable bonds is 4. The summed E-state index contributed by atoms with van der Waals surface area (Å²) in [5.41, 5.74) is -1.25. The molecule has 1 aromatic rings. The van der Waals surface area contributed by atoms with Crippen molar-refractivity contribution in [1.29, 1.82) is 0 Å². The Hall–Kier alpha value is -1.98. The summed E-state index contributed by atoms with van der Waals surface area (Å²) in [7, 11) is 0. The molecule has 4 nitrogen and oxygen atoms in total. The lowest BCUT2D eigenvalue weighted by atomic mass is 10.0. The van der Waals surface area contributed by atoms with E-state index in [1.807, 2.05) is 0 Å². The highest BCUT2D eigenvalue weighted by Gasteiger charge is 2.57. The number of nitrogens with one attached hydrogen (secondary N) is 1. The standard InChI is InChI=1S/C13H13F2NO3/c1-7(9-3-2-8(14)6-10(9)15)16-11(17)13(4-5-13)12(18)19/h2-3,6-7H,4-5H2,1H3,(H,16,17)(H,18,19)/t7-/m0/s1. The lowest BCUT2D eigenvalue weighted by Gasteiger charge is -2.18. The minimum absolute atomic E-state index is 0.121. The Labute approximate surface area is 108 Å². The molecule has 102 valence electrons. The molecule has 2 rings (SSSR count). The number of halogens is 2. The van der Waals surface area contributed by atoms with Gasteiger partial charge in [0.2, 0.25) is 5.91 Å². The van der Waals surface area contributed by atoms with Gasteiger partial charge in [0, 0.05) is 11.6 Å². The molecule has 0 spiro atoms. The van der Waals surface area contributed by atoms with Gasteiger partial charge in [-0.2, -0.15) is 0 Å². The third-order valence-corrected chi connectivity index (χ3v) is 3.37. The van der Waals surface area contributed by atoms with Crippen molar-refractivity contribution in [3.63, 3.8) is 0 Å². The molecule has 0 aliphatic heterocycles. The number of carbonyl (C=O) groups is 2. The topological polar surface area (TPSA) is 66.4 Å². The summed E-state index contributed by atoms with van der Waals surface area (Å²) in [4.78, 5) is 22.8. The molecule has 0 radical (unpaired) electrons. The molecule has 6 heteroatoms. The zero-order valence-electron chi connectivity index (χ0n) is 10.2. The minimum atomic E-state index is -1.37. The molecule has 1 fully saturated rings. The Morgan fingerprint density at radius 3 is 2.47 bits per heavy atom. The first-order valence-electron chi connectivity index (χ1n) is 5.86. The Morgan fingerprint density at radius 1 is 1.37 bits per heavy atom. The number of benzene rings is 1. The van der Waals surface area contributed by atoms with Gasteiger partial charge in [0.05, 0.1) is 6.04 Å². The van der Waals surface area contributed by atoms with Gasteiger partial charge in [-0.1, -0.05) is 6.07 Å². The van der Waals surface area contributed by atoms with E-state index >= 15 is 0 Å². The van der Waals surface area contributed by atoms with Crippen molar-refractivity contribution in [3.05, 3.63) is 35.4 Å². The third-order valence-electron chi connectivity index (χ3n) is 3.37. The zero-order chi connectivity index (χ0) is 14.2. The molecular formula is C13H13F2NO3. The van der Waals surface area contributed by atoms with Crippen LogP contribution >= 0.6 is 0 Å². The molecule has 2 N–H and O–H groups in total. The number of amides is 1. The summed E-state index contributed by atoms with van der Waals surface area (Å²) in [6.07, 6.45) is 0.569. The number of carboxylic acids is 1. The van der Waals surface area contributed by atoms with Crippen LogP contribution in [0.15, 0.2) is 18.2 Å². The van der Waals surface area contributed by atoms with Crippen molar-refractivity contribution in [2.75, 3.05) is 0 Å². The predicted octanol–water partition coefficient (Wildman–Crippen LogP) is 2.01. The highest BCUT2D eigenvalue weighted by Crippen LogP contribution is 2.46. The lowest BCUT2D eigenvalue weighted by molar-refractivity contribution is -0.149. The van der Waals surface area contributed by atoms with E-state index in [1.54, 1.807) is 0 Å². The van der Waals surface area contributed by atoms with Gasteiger partial charge in [-0.3, -0.25) is 9.59 Å². The highest BCUT2D eigenvalue weighted by molar-refractivity contribution is 6.04. The van der Waals surface area contributed by atoms with E-state index in [-0.39, 0.29) is 18.4 Å². The Morgan fingerprint density at radius 2 is 2.00 bits per heavy atom. The second kappa shape index (κ2) is 4.60. The summed E-state index contributed by atoms with van der Waals surface area (Å²) in [6.45, 7) is 1.52. The molecule has 0 heterocycles. The molecule has 1 atom stereocenters. The maximum absolute atomic E-state index is 13.5. The van der Waals surface area contributed by atoms with Gasteiger partial charge in [-0.05, 0) is 25.8 Å². The minimum Gasteiger partial charge on any atom is -0.480 e. The molecule has 1 aromatic carbocycles. The van der Waals surface area contributed by atoms with Crippen molar-refractivity contribution >= 4 is 11.9 Å². The molecule has 1 amide bonds. The fraction of sp³-hybridized carbons (Fsp3) is 0.385. The number of carboxylic acid groups (broad SMARTS) is 1. The van der Waals surface area contributed by atoms with Gasteiger partial charge < -0.3 is 10.4 Å². The van der Waals surface area contributed by atoms with Crippen LogP contribution in [0, 0.1) is 17.0 Å². The fourth-order valence-electron chi connectivity index (χ4n) is 1.93. The van der Waals surface area contributed by atoms with Crippen LogP contribution in [-0.2, 0) is 9.59 Å². The van der Waals surface area contributed by atoms with Crippen LogP contribution in [0.1, 0.15) is 31.4 Å². The monoisotopic (exact) mass is 269 g/mol. The van der Waals surface area contributed by atoms with Crippen LogP contribution in [0.2, 0.25) is 0 Å². The average Bonchev–Trinajstić information content (AvgIpc) is 3.09. The summed E-state index contributed by atoms with van der Waals surface area (Å²) < 4.78 is 26.3. The largest absolute Gasteiger partial charge is 0.480 e. The van der Waals surface area contributed by atoms with Gasteiger partial charge in [0.1, 0.15) is 17.0 Å². The lowest BCUT2D eigenvalue weighted by Crippen LogP contribution is -2.38. The normalized spacial score (nSPS) is 17.6. The van der Waals surface area contributed by atoms with Gasteiger partial charge >= 0.3 is 5.97 Å². The van der Waals surface area contributed by atoms with E-state index in [2.05, 4.69) is 5.32 Å². The van der Waals surface area contributed by atoms with Crippen LogP contribution < -0.4 is 5.32 Å². The summed E-state index contributed by atoms with van der Waals surface area (Å²) in [5.74, 6) is -3.27. The Bertz CT molecular complexity index is 541. The van der Waals surface area contributed by atoms with Crippen LogP contribution in [0.25, 0.3) is 0 Å². The molecule has 0 aromatic heterocycles. The van der Waals surface area contributed by atoms with Gasteiger partial charge in [-0.15, -0.1) is 0 Å². The van der Waals surface area contributed by atoms with Crippen molar-refractivity contribution < 1.29 is 23.5 Å². The third kappa shape index (κ3) is 2.43. The number of hydrogen-bond acceptors (Lipinski definition) is 2. The summed E-state index contributed by atoms with van der Waals surface area (Å²) in [6, 6.07) is 2.33. The van der Waals surface area contributed by atoms with E-state index in [1.165, 1.54) is 13.0 Å². The summed E-state index contributed by atoms with van der Waals surface area (Å²) >= 11 is 0. The Balaban J connectivity index is 2.11. The number of carbonyl (C=O) groups excluding carboxylic acids is 1. The average molecular weight is 269 g/mol. The number of hydrogen-bond donors (Lipinski definition) is 2. The molecule has 0 saturated heterocycles. The first kappa shape index (κ1) is 13.5. The van der Waals surface area contributed by atoms with Crippen LogP contribution in [0.3, 0.4) is 0 Å². The van der Waals surface area contributed by atoms with E-state index in [4.69, 9.17) is 5.11 Å². The van der Waals surface area contributed by atoms with Crippen LogP contribution in [-0.4, -0.2) is 17.0 Å². The summed E-state index contributed by atoms with van der Waals surface area (Å²) in [5, 5.41) is 11.4. The zero-order valence-corrected chi connectivity index (χ0v) is 10.2. The van der Waals surface area contributed by atoms with Crippen LogP contribution in [0.5, 0.6) is 0 Å². The van der Waals surface area contributed by atoms with Gasteiger partial charge in [0.15, 0.2) is 0 Å². The maximum Gasteiger partial charge on any atom is 0.319 e. The van der Waals surface area contributed by atoms with Crippen molar-refractivity contribution in [3.8, 4) is 0 Å². The molecule has 1 saturated carbocycles.